The van der Waals surface area contributed by atoms with Gasteiger partial charge in [0.05, 0.1) is 32.8 Å². The molecule has 0 radical (unpaired) electrons. The van der Waals surface area contributed by atoms with Gasteiger partial charge < -0.3 is 24.1 Å². The van der Waals surface area contributed by atoms with E-state index in [4.69, 9.17) is 14.2 Å². The highest BCUT2D eigenvalue weighted by Crippen LogP contribution is 2.40. The number of hydrogen-bond acceptors (Lipinski definition) is 4. The van der Waals surface area contributed by atoms with Crippen LogP contribution in [0.25, 0.3) is 10.9 Å². The van der Waals surface area contributed by atoms with Crippen LogP contribution in [-0.4, -0.2) is 42.7 Å². The number of rotatable bonds is 8. The fraction of sp³-hybridized carbons (Fsp3) is 0.300. The van der Waals surface area contributed by atoms with E-state index >= 15 is 0 Å². The molecule has 2 heterocycles. The van der Waals surface area contributed by atoms with E-state index in [2.05, 4.69) is 23.2 Å². The maximum atomic E-state index is 13.9. The highest BCUT2D eigenvalue weighted by atomic mass is 16.5. The van der Waals surface area contributed by atoms with Crippen LogP contribution in [0.4, 0.5) is 0 Å². The lowest BCUT2D eigenvalue weighted by Gasteiger charge is -2.36. The van der Waals surface area contributed by atoms with E-state index in [1.807, 2.05) is 67.3 Å². The van der Waals surface area contributed by atoms with Crippen molar-refractivity contribution in [1.82, 2.24) is 9.88 Å². The molecule has 0 saturated heterocycles. The summed E-state index contributed by atoms with van der Waals surface area (Å²) in [4.78, 5) is 19.5. The largest absolute Gasteiger partial charge is 0.497 e. The Bertz CT molecular complexity index is 1360. The lowest BCUT2D eigenvalue weighted by atomic mass is 9.91. The SMILES string of the molecule is CCOc1cccc(CC(=O)N2CCc3c([nH]c4ccccc34)[C@H]2c2ccc(OC)cc2)c1OCC. The van der Waals surface area contributed by atoms with Crippen molar-refractivity contribution in [1.29, 1.82) is 0 Å². The van der Waals surface area contributed by atoms with E-state index in [1.165, 1.54) is 10.9 Å². The summed E-state index contributed by atoms with van der Waals surface area (Å²) in [6, 6.07) is 21.9. The van der Waals surface area contributed by atoms with Gasteiger partial charge in [-0.05, 0) is 55.7 Å². The molecule has 4 aromatic rings. The standard InChI is InChI=1S/C30H32N2O4/c1-4-35-26-12-8-9-21(30(26)36-5-2)19-27(33)32-18-17-24-23-10-6-7-11-25(23)31-28(24)29(32)20-13-15-22(34-3)16-14-20/h6-16,29,31H,4-5,17-19H2,1-3H3/t29-/m1/s1. The number of para-hydroxylation sites is 2. The number of carbonyl (C=O) groups excluding carboxylic acids is 1. The van der Waals surface area contributed by atoms with Crippen molar-refractivity contribution in [2.45, 2.75) is 32.7 Å². The summed E-state index contributed by atoms with van der Waals surface area (Å²) < 4.78 is 17.1. The zero-order valence-corrected chi connectivity index (χ0v) is 21.0. The van der Waals surface area contributed by atoms with Crippen molar-refractivity contribution in [3.8, 4) is 17.2 Å². The van der Waals surface area contributed by atoms with Gasteiger partial charge in [0.2, 0.25) is 5.91 Å². The first-order chi connectivity index (χ1) is 17.6. The predicted octanol–water partition coefficient (Wildman–Crippen LogP) is 5.69. The molecule has 5 rings (SSSR count). The predicted molar refractivity (Wildman–Crippen MR) is 141 cm³/mol. The third-order valence-electron chi connectivity index (χ3n) is 6.78. The van der Waals surface area contributed by atoms with Gasteiger partial charge in [-0.1, -0.05) is 42.5 Å². The quantitative estimate of drug-likeness (QED) is 0.349. The molecule has 3 aromatic carbocycles. The van der Waals surface area contributed by atoms with Crippen LogP contribution in [0, 0.1) is 0 Å². The summed E-state index contributed by atoms with van der Waals surface area (Å²) >= 11 is 0. The summed E-state index contributed by atoms with van der Waals surface area (Å²) in [5, 5.41) is 1.22. The number of fused-ring (bicyclic) bond motifs is 3. The minimum Gasteiger partial charge on any atom is -0.497 e. The van der Waals surface area contributed by atoms with E-state index in [-0.39, 0.29) is 18.4 Å². The summed E-state index contributed by atoms with van der Waals surface area (Å²) in [6.45, 7) is 5.56. The Morgan fingerprint density at radius 2 is 1.75 bits per heavy atom. The number of carbonyl (C=O) groups is 1. The Morgan fingerprint density at radius 1 is 0.972 bits per heavy atom. The molecule has 6 heteroatoms. The topological polar surface area (TPSA) is 63.8 Å². The molecular weight excluding hydrogens is 452 g/mol. The molecule has 0 fully saturated rings. The summed E-state index contributed by atoms with van der Waals surface area (Å²) in [6.07, 6.45) is 1.04. The van der Waals surface area contributed by atoms with Crippen LogP contribution in [-0.2, 0) is 17.6 Å². The van der Waals surface area contributed by atoms with Crippen LogP contribution in [0.15, 0.2) is 66.7 Å². The number of nitrogens with zero attached hydrogens (tertiary/aromatic N) is 1. The van der Waals surface area contributed by atoms with E-state index in [0.717, 1.165) is 34.5 Å². The molecular formula is C30H32N2O4. The van der Waals surface area contributed by atoms with E-state index in [1.54, 1.807) is 7.11 Å². The zero-order valence-electron chi connectivity index (χ0n) is 21.0. The molecule has 1 N–H and O–H groups in total. The minimum absolute atomic E-state index is 0.0507. The van der Waals surface area contributed by atoms with Gasteiger partial charge in [0.25, 0.3) is 0 Å². The van der Waals surface area contributed by atoms with Gasteiger partial charge in [-0.3, -0.25) is 4.79 Å². The van der Waals surface area contributed by atoms with Crippen molar-refractivity contribution in [3.63, 3.8) is 0 Å². The third-order valence-corrected chi connectivity index (χ3v) is 6.78. The Labute approximate surface area is 211 Å². The van der Waals surface area contributed by atoms with Crippen molar-refractivity contribution >= 4 is 16.8 Å². The second-order valence-corrected chi connectivity index (χ2v) is 8.86. The highest BCUT2D eigenvalue weighted by molar-refractivity contribution is 5.87. The molecule has 1 aliphatic rings. The first-order valence-corrected chi connectivity index (χ1v) is 12.5. The molecule has 1 amide bonds. The number of aromatic nitrogens is 1. The van der Waals surface area contributed by atoms with Gasteiger partial charge in [-0.15, -0.1) is 0 Å². The summed E-state index contributed by atoms with van der Waals surface area (Å²) in [5.74, 6) is 2.17. The van der Waals surface area contributed by atoms with Crippen molar-refractivity contribution in [3.05, 3.63) is 89.1 Å². The van der Waals surface area contributed by atoms with E-state index < -0.39 is 0 Å². The summed E-state index contributed by atoms with van der Waals surface area (Å²) in [5.41, 5.74) is 5.34. The average molecular weight is 485 g/mol. The van der Waals surface area contributed by atoms with Gasteiger partial charge in [0, 0.05) is 28.7 Å². The molecule has 6 nitrogen and oxygen atoms in total. The van der Waals surface area contributed by atoms with Crippen LogP contribution in [0.3, 0.4) is 0 Å². The second-order valence-electron chi connectivity index (χ2n) is 8.86. The maximum Gasteiger partial charge on any atom is 0.227 e. The van der Waals surface area contributed by atoms with Crippen LogP contribution >= 0.6 is 0 Å². The smallest absolute Gasteiger partial charge is 0.227 e. The zero-order chi connectivity index (χ0) is 25.1. The van der Waals surface area contributed by atoms with Crippen LogP contribution < -0.4 is 14.2 Å². The Kier molecular flexibility index (Phi) is 6.85. The molecule has 0 bridgehead atoms. The van der Waals surface area contributed by atoms with Gasteiger partial charge in [-0.25, -0.2) is 0 Å². The van der Waals surface area contributed by atoms with Gasteiger partial charge in [0.15, 0.2) is 11.5 Å². The molecule has 36 heavy (non-hydrogen) atoms. The molecule has 1 aromatic heterocycles. The molecule has 0 saturated carbocycles. The van der Waals surface area contributed by atoms with Gasteiger partial charge in [0.1, 0.15) is 5.75 Å². The molecule has 0 aliphatic carbocycles. The normalized spacial score (nSPS) is 15.0. The van der Waals surface area contributed by atoms with Gasteiger partial charge >= 0.3 is 0 Å². The maximum absolute atomic E-state index is 13.9. The fourth-order valence-electron chi connectivity index (χ4n) is 5.18. The monoisotopic (exact) mass is 484 g/mol. The van der Waals surface area contributed by atoms with Crippen LogP contribution in [0.1, 0.15) is 42.3 Å². The molecule has 1 aliphatic heterocycles. The van der Waals surface area contributed by atoms with Crippen molar-refractivity contribution < 1.29 is 19.0 Å². The molecule has 1 atom stereocenters. The van der Waals surface area contributed by atoms with Crippen molar-refractivity contribution in [2.75, 3.05) is 26.9 Å². The fourth-order valence-corrected chi connectivity index (χ4v) is 5.18. The number of hydrogen-bond donors (Lipinski definition) is 1. The lowest BCUT2D eigenvalue weighted by Crippen LogP contribution is -2.41. The van der Waals surface area contributed by atoms with Crippen LogP contribution in [0.5, 0.6) is 17.2 Å². The average Bonchev–Trinajstić information content (AvgIpc) is 3.29. The number of aromatic amines is 1. The lowest BCUT2D eigenvalue weighted by molar-refractivity contribution is -0.132. The first-order valence-electron chi connectivity index (χ1n) is 12.5. The highest BCUT2D eigenvalue weighted by Gasteiger charge is 2.34. The van der Waals surface area contributed by atoms with E-state index in [9.17, 15) is 4.79 Å². The third kappa shape index (κ3) is 4.39. The van der Waals surface area contributed by atoms with E-state index in [0.29, 0.717) is 31.3 Å². The summed E-state index contributed by atoms with van der Waals surface area (Å²) in [7, 11) is 1.66. The number of nitrogens with one attached hydrogen (secondary N) is 1. The Balaban J connectivity index is 1.54. The second kappa shape index (κ2) is 10.4. The number of amides is 1. The molecule has 186 valence electrons. The Hall–Kier alpha value is -3.93. The van der Waals surface area contributed by atoms with Gasteiger partial charge in [-0.2, -0.15) is 0 Å². The molecule has 0 unspecified atom stereocenters. The van der Waals surface area contributed by atoms with Crippen molar-refractivity contribution in [2.24, 2.45) is 0 Å². The number of ether oxygens (including phenoxy) is 3. The minimum atomic E-state index is -0.217. The van der Waals surface area contributed by atoms with Crippen LogP contribution in [0.2, 0.25) is 0 Å². The Morgan fingerprint density at radius 3 is 2.50 bits per heavy atom. The number of H-pyrrole nitrogens is 1. The molecule has 0 spiro atoms. The number of methoxy groups -OCH3 is 1. The number of benzene rings is 3. The first kappa shape index (κ1) is 23.8.